The van der Waals surface area contributed by atoms with Gasteiger partial charge in [0.2, 0.25) is 0 Å². The Balaban J connectivity index is 2.19. The molecule has 3 heteroatoms. The minimum atomic E-state index is 0.321. The highest BCUT2D eigenvalue weighted by Crippen LogP contribution is 2.45. The summed E-state index contributed by atoms with van der Waals surface area (Å²) >= 11 is 3.47. The first kappa shape index (κ1) is 9.99. The summed E-state index contributed by atoms with van der Waals surface area (Å²) in [6, 6.07) is 6.14. The fraction of sp³-hybridized carbons (Fsp3) is 0.455. The average Bonchev–Trinajstić information content (AvgIpc) is 2.99. The van der Waals surface area contributed by atoms with Crippen LogP contribution in [0.1, 0.15) is 24.3 Å². The summed E-state index contributed by atoms with van der Waals surface area (Å²) in [5.41, 5.74) is 1.30. The van der Waals surface area contributed by atoms with Crippen molar-refractivity contribution in [3.63, 3.8) is 0 Å². The summed E-state index contributed by atoms with van der Waals surface area (Å²) in [6.45, 7) is 0.321. The van der Waals surface area contributed by atoms with Crippen LogP contribution in [-0.2, 0) is 4.74 Å². The Kier molecular flexibility index (Phi) is 3.08. The van der Waals surface area contributed by atoms with Crippen molar-refractivity contribution in [1.29, 1.82) is 0 Å². The van der Waals surface area contributed by atoms with Gasteiger partial charge in [-0.3, -0.25) is 0 Å². The van der Waals surface area contributed by atoms with Gasteiger partial charge in [-0.05, 0) is 42.5 Å². The number of ether oxygens (including phenoxy) is 2. The van der Waals surface area contributed by atoms with Crippen molar-refractivity contribution in [2.24, 2.45) is 0 Å². The lowest BCUT2D eigenvalue weighted by molar-refractivity contribution is 0.0504. The van der Waals surface area contributed by atoms with E-state index in [2.05, 4.69) is 22.0 Å². The molecular formula is C11H13BrO2. The van der Waals surface area contributed by atoms with E-state index in [4.69, 9.17) is 9.47 Å². The Morgan fingerprint density at radius 1 is 1.43 bits per heavy atom. The molecule has 0 saturated heterocycles. The largest absolute Gasteiger partial charge is 0.467 e. The third-order valence-electron chi connectivity index (χ3n) is 2.32. The third kappa shape index (κ3) is 2.28. The molecule has 0 amide bonds. The Morgan fingerprint density at radius 2 is 2.21 bits per heavy atom. The lowest BCUT2D eigenvalue weighted by Gasteiger charge is -2.10. The molecular weight excluding hydrogens is 244 g/mol. The van der Waals surface area contributed by atoms with Gasteiger partial charge >= 0.3 is 0 Å². The van der Waals surface area contributed by atoms with Crippen molar-refractivity contribution >= 4 is 15.9 Å². The van der Waals surface area contributed by atoms with Gasteiger partial charge in [-0.2, -0.15) is 0 Å². The zero-order chi connectivity index (χ0) is 9.97. The molecule has 1 aliphatic carbocycles. The van der Waals surface area contributed by atoms with E-state index in [9.17, 15) is 0 Å². The first-order valence-corrected chi connectivity index (χ1v) is 5.51. The smallest absolute Gasteiger partial charge is 0.188 e. The van der Waals surface area contributed by atoms with E-state index in [1.54, 1.807) is 7.11 Å². The second-order valence-electron chi connectivity index (χ2n) is 3.51. The van der Waals surface area contributed by atoms with Crippen molar-refractivity contribution in [2.75, 3.05) is 13.9 Å². The predicted molar refractivity (Wildman–Crippen MR) is 58.6 cm³/mol. The maximum absolute atomic E-state index is 5.50. The molecule has 76 valence electrons. The molecule has 1 fully saturated rings. The van der Waals surface area contributed by atoms with E-state index in [0.29, 0.717) is 12.7 Å². The van der Waals surface area contributed by atoms with Gasteiger partial charge in [-0.15, -0.1) is 0 Å². The molecule has 0 radical (unpaired) electrons. The van der Waals surface area contributed by atoms with Crippen LogP contribution in [0.2, 0.25) is 0 Å². The number of rotatable bonds is 4. The normalized spacial score (nSPS) is 15.6. The summed E-state index contributed by atoms with van der Waals surface area (Å²) in [4.78, 5) is 0. The number of halogens is 1. The number of hydrogen-bond donors (Lipinski definition) is 0. The van der Waals surface area contributed by atoms with Gasteiger partial charge < -0.3 is 9.47 Å². The van der Waals surface area contributed by atoms with Crippen LogP contribution in [0.25, 0.3) is 0 Å². The molecule has 2 nitrogen and oxygen atoms in total. The number of methoxy groups -OCH3 is 1. The highest BCUT2D eigenvalue weighted by Gasteiger charge is 2.26. The fourth-order valence-corrected chi connectivity index (χ4v) is 1.87. The topological polar surface area (TPSA) is 18.5 Å². The van der Waals surface area contributed by atoms with Gasteiger partial charge in [0.1, 0.15) is 5.75 Å². The molecule has 0 spiro atoms. The van der Waals surface area contributed by atoms with Crippen LogP contribution >= 0.6 is 15.9 Å². The molecule has 14 heavy (non-hydrogen) atoms. The lowest BCUT2D eigenvalue weighted by atomic mass is 10.1. The van der Waals surface area contributed by atoms with Crippen molar-refractivity contribution in [3.05, 3.63) is 28.2 Å². The van der Waals surface area contributed by atoms with Gasteiger partial charge in [0.05, 0.1) is 0 Å². The predicted octanol–water partition coefficient (Wildman–Crippen LogP) is 3.31. The Bertz CT molecular complexity index is 321. The Labute approximate surface area is 92.3 Å². The molecule has 0 bridgehead atoms. The van der Waals surface area contributed by atoms with E-state index in [0.717, 1.165) is 10.2 Å². The minimum absolute atomic E-state index is 0.321. The molecule has 1 aromatic carbocycles. The molecule has 1 aliphatic rings. The van der Waals surface area contributed by atoms with Gasteiger partial charge in [-0.25, -0.2) is 0 Å². The average molecular weight is 257 g/mol. The van der Waals surface area contributed by atoms with Crippen LogP contribution in [0.3, 0.4) is 0 Å². The molecule has 0 aliphatic heterocycles. The van der Waals surface area contributed by atoms with Crippen LogP contribution in [0.4, 0.5) is 0 Å². The Hall–Kier alpha value is -0.540. The molecule has 0 aromatic heterocycles. The van der Waals surface area contributed by atoms with Crippen LogP contribution < -0.4 is 4.74 Å². The van der Waals surface area contributed by atoms with Crippen LogP contribution in [-0.4, -0.2) is 13.9 Å². The first-order chi connectivity index (χ1) is 6.81. The van der Waals surface area contributed by atoms with Gasteiger partial charge in [0.15, 0.2) is 6.79 Å². The van der Waals surface area contributed by atoms with Crippen LogP contribution in [0.15, 0.2) is 22.7 Å². The van der Waals surface area contributed by atoms with Crippen molar-refractivity contribution in [1.82, 2.24) is 0 Å². The highest BCUT2D eigenvalue weighted by atomic mass is 79.9. The summed E-state index contributed by atoms with van der Waals surface area (Å²) in [6.07, 6.45) is 2.56. The SMILES string of the molecule is COCOc1ccc(Br)cc1C1CC1. The summed E-state index contributed by atoms with van der Waals surface area (Å²) < 4.78 is 11.5. The van der Waals surface area contributed by atoms with E-state index in [1.807, 2.05) is 12.1 Å². The molecule has 0 atom stereocenters. The summed E-state index contributed by atoms with van der Waals surface area (Å²) in [5, 5.41) is 0. The zero-order valence-electron chi connectivity index (χ0n) is 8.13. The maximum Gasteiger partial charge on any atom is 0.188 e. The lowest BCUT2D eigenvalue weighted by Crippen LogP contribution is -2.01. The van der Waals surface area contributed by atoms with E-state index < -0.39 is 0 Å². The Morgan fingerprint density at radius 3 is 2.86 bits per heavy atom. The highest BCUT2D eigenvalue weighted by molar-refractivity contribution is 9.10. The minimum Gasteiger partial charge on any atom is -0.467 e. The maximum atomic E-state index is 5.50. The number of benzene rings is 1. The second-order valence-corrected chi connectivity index (χ2v) is 4.42. The zero-order valence-corrected chi connectivity index (χ0v) is 9.71. The molecule has 1 aromatic rings. The number of hydrogen-bond acceptors (Lipinski definition) is 2. The fourth-order valence-electron chi connectivity index (χ4n) is 1.49. The molecule has 2 rings (SSSR count). The van der Waals surface area contributed by atoms with E-state index in [1.165, 1.54) is 18.4 Å². The van der Waals surface area contributed by atoms with Crippen molar-refractivity contribution in [2.45, 2.75) is 18.8 Å². The quantitative estimate of drug-likeness (QED) is 0.770. The van der Waals surface area contributed by atoms with Crippen LogP contribution in [0.5, 0.6) is 5.75 Å². The second kappa shape index (κ2) is 4.32. The van der Waals surface area contributed by atoms with Gasteiger partial charge in [0.25, 0.3) is 0 Å². The summed E-state index contributed by atoms with van der Waals surface area (Å²) in [7, 11) is 1.63. The van der Waals surface area contributed by atoms with Gasteiger partial charge in [0, 0.05) is 11.6 Å². The first-order valence-electron chi connectivity index (χ1n) is 4.72. The summed E-state index contributed by atoms with van der Waals surface area (Å²) in [5.74, 6) is 1.65. The molecule has 0 heterocycles. The van der Waals surface area contributed by atoms with Crippen molar-refractivity contribution < 1.29 is 9.47 Å². The molecule has 0 N–H and O–H groups in total. The van der Waals surface area contributed by atoms with Gasteiger partial charge in [-0.1, -0.05) is 15.9 Å². The standard InChI is InChI=1S/C11H13BrO2/c1-13-7-14-11-5-4-9(12)6-10(11)8-2-3-8/h4-6,8H,2-3,7H2,1H3. The van der Waals surface area contributed by atoms with Crippen LogP contribution in [0, 0.1) is 0 Å². The molecule has 1 saturated carbocycles. The van der Waals surface area contributed by atoms with E-state index in [-0.39, 0.29) is 0 Å². The third-order valence-corrected chi connectivity index (χ3v) is 2.81. The van der Waals surface area contributed by atoms with E-state index >= 15 is 0 Å². The van der Waals surface area contributed by atoms with Crippen molar-refractivity contribution in [3.8, 4) is 5.75 Å². The monoisotopic (exact) mass is 256 g/mol. The molecule has 0 unspecified atom stereocenters.